The summed E-state index contributed by atoms with van der Waals surface area (Å²) in [5.41, 5.74) is 0. The number of halogens is 1. The fraction of sp³-hybridized carbons (Fsp3) is 0.895. The standard InChI is InChI=1S/C19H38N4O2.HI/c1-4-20-19(21-14-13-18(24)23(5-2)6-3)22-15-16-25-17-11-9-7-8-10-12-17;/h17H,4-16H2,1-3H3,(H2,20,21,22);1H. The third-order valence-corrected chi connectivity index (χ3v) is 4.61. The van der Waals surface area contributed by atoms with E-state index in [1.807, 2.05) is 25.7 Å². The number of ether oxygens (including phenoxy) is 1. The summed E-state index contributed by atoms with van der Waals surface area (Å²) in [5, 5.41) is 6.46. The van der Waals surface area contributed by atoms with Gasteiger partial charge in [0.15, 0.2) is 5.96 Å². The molecule has 1 amide bonds. The lowest BCUT2D eigenvalue weighted by Gasteiger charge is -2.19. The van der Waals surface area contributed by atoms with Crippen molar-refractivity contribution in [3.05, 3.63) is 0 Å². The van der Waals surface area contributed by atoms with Gasteiger partial charge in [0, 0.05) is 32.6 Å². The Bertz CT molecular complexity index is 382. The number of hydrogen-bond acceptors (Lipinski definition) is 3. The summed E-state index contributed by atoms with van der Waals surface area (Å²) in [5.74, 6) is 0.948. The van der Waals surface area contributed by atoms with E-state index in [9.17, 15) is 4.79 Å². The van der Waals surface area contributed by atoms with E-state index in [1.165, 1.54) is 38.5 Å². The summed E-state index contributed by atoms with van der Waals surface area (Å²) in [7, 11) is 0. The molecular weight excluding hydrogens is 443 g/mol. The van der Waals surface area contributed by atoms with Gasteiger partial charge in [-0.15, -0.1) is 24.0 Å². The van der Waals surface area contributed by atoms with E-state index in [2.05, 4.69) is 15.6 Å². The summed E-state index contributed by atoms with van der Waals surface area (Å²) < 4.78 is 5.97. The first-order valence-electron chi connectivity index (χ1n) is 10.1. The van der Waals surface area contributed by atoms with Crippen LogP contribution in [0, 0.1) is 0 Å². The minimum absolute atomic E-state index is 0. The lowest BCUT2D eigenvalue weighted by atomic mass is 10.1. The molecule has 0 aromatic heterocycles. The molecular formula is C19H39IN4O2. The number of guanidine groups is 1. The Labute approximate surface area is 176 Å². The Morgan fingerprint density at radius 2 is 1.73 bits per heavy atom. The molecule has 1 saturated carbocycles. The van der Waals surface area contributed by atoms with Crippen LogP contribution >= 0.6 is 24.0 Å². The molecule has 0 radical (unpaired) electrons. The topological polar surface area (TPSA) is 66.0 Å². The summed E-state index contributed by atoms with van der Waals surface area (Å²) >= 11 is 0. The van der Waals surface area contributed by atoms with E-state index in [1.54, 1.807) is 0 Å². The van der Waals surface area contributed by atoms with Gasteiger partial charge in [-0.3, -0.25) is 9.79 Å². The Hall–Kier alpha value is -0.570. The van der Waals surface area contributed by atoms with Crippen LogP contribution in [-0.2, 0) is 9.53 Å². The first-order chi connectivity index (χ1) is 12.2. The third kappa shape index (κ3) is 11.2. The Balaban J connectivity index is 0.00000625. The Kier molecular flexibility index (Phi) is 16.2. The zero-order valence-corrected chi connectivity index (χ0v) is 19.2. The normalized spacial score (nSPS) is 15.7. The summed E-state index contributed by atoms with van der Waals surface area (Å²) in [6.45, 7) is 10.3. The van der Waals surface area contributed by atoms with Crippen LogP contribution in [0.25, 0.3) is 0 Å². The predicted octanol–water partition coefficient (Wildman–Crippen LogP) is 3.16. The molecule has 0 spiro atoms. The van der Waals surface area contributed by atoms with Crippen LogP contribution in [-0.4, -0.2) is 62.2 Å². The lowest BCUT2D eigenvalue weighted by molar-refractivity contribution is -0.130. The van der Waals surface area contributed by atoms with Gasteiger partial charge in [0.2, 0.25) is 5.91 Å². The molecule has 1 aliphatic rings. The molecule has 0 heterocycles. The van der Waals surface area contributed by atoms with E-state index < -0.39 is 0 Å². The molecule has 6 nitrogen and oxygen atoms in total. The van der Waals surface area contributed by atoms with Crippen LogP contribution < -0.4 is 10.6 Å². The fourth-order valence-electron chi connectivity index (χ4n) is 3.15. The van der Waals surface area contributed by atoms with Gasteiger partial charge in [-0.1, -0.05) is 25.7 Å². The number of hydrogen-bond donors (Lipinski definition) is 2. The molecule has 26 heavy (non-hydrogen) atoms. The molecule has 7 heteroatoms. The predicted molar refractivity (Wildman–Crippen MR) is 119 cm³/mol. The number of carbonyl (C=O) groups is 1. The van der Waals surface area contributed by atoms with Crippen LogP contribution in [0.5, 0.6) is 0 Å². The number of nitrogens with zero attached hydrogens (tertiary/aromatic N) is 2. The fourth-order valence-corrected chi connectivity index (χ4v) is 3.15. The second kappa shape index (κ2) is 16.6. The molecule has 0 atom stereocenters. The van der Waals surface area contributed by atoms with E-state index in [0.717, 1.165) is 25.6 Å². The number of rotatable bonds is 10. The second-order valence-electron chi connectivity index (χ2n) is 6.49. The quantitative estimate of drug-likeness (QED) is 0.165. The van der Waals surface area contributed by atoms with Crippen molar-refractivity contribution in [2.45, 2.75) is 71.8 Å². The molecule has 1 rings (SSSR count). The van der Waals surface area contributed by atoms with Crippen LogP contribution in [0.15, 0.2) is 4.99 Å². The maximum atomic E-state index is 12.0. The summed E-state index contributed by atoms with van der Waals surface area (Å²) in [4.78, 5) is 18.4. The van der Waals surface area contributed by atoms with E-state index in [0.29, 0.717) is 32.2 Å². The molecule has 1 aliphatic carbocycles. The van der Waals surface area contributed by atoms with Crippen molar-refractivity contribution in [3.63, 3.8) is 0 Å². The number of amides is 1. The number of carbonyl (C=O) groups excluding carboxylic acids is 1. The monoisotopic (exact) mass is 482 g/mol. The van der Waals surface area contributed by atoms with E-state index >= 15 is 0 Å². The maximum Gasteiger partial charge on any atom is 0.224 e. The molecule has 1 fully saturated rings. The van der Waals surface area contributed by atoms with Crippen LogP contribution in [0.4, 0.5) is 0 Å². The highest BCUT2D eigenvalue weighted by Crippen LogP contribution is 2.19. The zero-order chi connectivity index (χ0) is 18.3. The largest absolute Gasteiger partial charge is 0.376 e. The van der Waals surface area contributed by atoms with Crippen LogP contribution in [0.2, 0.25) is 0 Å². The average molecular weight is 482 g/mol. The molecule has 0 aromatic carbocycles. The minimum atomic E-state index is 0. The summed E-state index contributed by atoms with van der Waals surface area (Å²) in [6.07, 6.45) is 8.56. The Morgan fingerprint density at radius 1 is 1.08 bits per heavy atom. The van der Waals surface area contributed by atoms with Gasteiger partial charge in [-0.05, 0) is 33.6 Å². The second-order valence-corrected chi connectivity index (χ2v) is 6.49. The van der Waals surface area contributed by atoms with E-state index in [4.69, 9.17) is 4.74 Å². The SMILES string of the molecule is CCNC(=NCCOC1CCCCCC1)NCCC(=O)N(CC)CC.I. The highest BCUT2D eigenvalue weighted by molar-refractivity contribution is 14.0. The molecule has 154 valence electrons. The van der Waals surface area contributed by atoms with Gasteiger partial charge in [0.25, 0.3) is 0 Å². The van der Waals surface area contributed by atoms with Crippen molar-refractivity contribution in [3.8, 4) is 0 Å². The first kappa shape index (κ1) is 25.4. The van der Waals surface area contributed by atoms with Gasteiger partial charge in [-0.25, -0.2) is 0 Å². The molecule has 0 unspecified atom stereocenters. The van der Waals surface area contributed by atoms with Crippen molar-refractivity contribution in [1.29, 1.82) is 0 Å². The van der Waals surface area contributed by atoms with Gasteiger partial charge in [-0.2, -0.15) is 0 Å². The summed E-state index contributed by atoms with van der Waals surface area (Å²) in [6, 6.07) is 0. The third-order valence-electron chi connectivity index (χ3n) is 4.61. The van der Waals surface area contributed by atoms with E-state index in [-0.39, 0.29) is 29.9 Å². The van der Waals surface area contributed by atoms with Crippen molar-refractivity contribution < 1.29 is 9.53 Å². The molecule has 0 aromatic rings. The van der Waals surface area contributed by atoms with Gasteiger partial charge in [0.1, 0.15) is 0 Å². The number of nitrogens with one attached hydrogen (secondary N) is 2. The first-order valence-corrected chi connectivity index (χ1v) is 10.1. The Morgan fingerprint density at radius 3 is 2.31 bits per heavy atom. The smallest absolute Gasteiger partial charge is 0.224 e. The van der Waals surface area contributed by atoms with Crippen molar-refractivity contribution in [1.82, 2.24) is 15.5 Å². The average Bonchev–Trinajstić information content (AvgIpc) is 2.88. The van der Waals surface area contributed by atoms with Crippen molar-refractivity contribution in [2.75, 3.05) is 39.3 Å². The van der Waals surface area contributed by atoms with Crippen LogP contribution in [0.1, 0.15) is 65.7 Å². The van der Waals surface area contributed by atoms with Crippen molar-refractivity contribution >= 4 is 35.8 Å². The molecule has 0 aliphatic heterocycles. The highest BCUT2D eigenvalue weighted by atomic mass is 127. The van der Waals surface area contributed by atoms with Crippen molar-refractivity contribution in [2.24, 2.45) is 4.99 Å². The molecule has 0 saturated heterocycles. The van der Waals surface area contributed by atoms with Gasteiger partial charge in [0.05, 0.1) is 19.3 Å². The van der Waals surface area contributed by atoms with Gasteiger partial charge >= 0.3 is 0 Å². The minimum Gasteiger partial charge on any atom is -0.376 e. The zero-order valence-electron chi connectivity index (χ0n) is 16.9. The van der Waals surface area contributed by atoms with Gasteiger partial charge < -0.3 is 20.3 Å². The lowest BCUT2D eigenvalue weighted by Crippen LogP contribution is -2.40. The van der Waals surface area contributed by atoms with Crippen LogP contribution in [0.3, 0.4) is 0 Å². The molecule has 0 bridgehead atoms. The molecule has 2 N–H and O–H groups in total. The highest BCUT2D eigenvalue weighted by Gasteiger charge is 2.12. The maximum absolute atomic E-state index is 12.0. The number of aliphatic imine (C=N–C) groups is 1.